The SMILES string of the molecule is O=Cc1cc(Br)c(OCCCCCc2ccccc2)cc1F. The summed E-state index contributed by atoms with van der Waals surface area (Å²) in [7, 11) is 0. The first kappa shape index (κ1) is 16.7. The minimum absolute atomic E-state index is 0.0297. The van der Waals surface area contributed by atoms with E-state index in [1.165, 1.54) is 17.7 Å². The van der Waals surface area contributed by atoms with Gasteiger partial charge in [0.1, 0.15) is 11.6 Å². The first-order chi connectivity index (χ1) is 10.7. The van der Waals surface area contributed by atoms with Crippen molar-refractivity contribution in [2.24, 2.45) is 0 Å². The Kier molecular flexibility index (Phi) is 6.59. The van der Waals surface area contributed by atoms with Crippen molar-refractivity contribution in [1.82, 2.24) is 0 Å². The van der Waals surface area contributed by atoms with Crippen molar-refractivity contribution >= 4 is 22.2 Å². The first-order valence-electron chi connectivity index (χ1n) is 7.31. The van der Waals surface area contributed by atoms with Gasteiger partial charge >= 0.3 is 0 Å². The van der Waals surface area contributed by atoms with E-state index < -0.39 is 5.82 Å². The average Bonchev–Trinajstić information content (AvgIpc) is 2.54. The summed E-state index contributed by atoms with van der Waals surface area (Å²) < 4.78 is 19.7. The van der Waals surface area contributed by atoms with E-state index in [9.17, 15) is 9.18 Å². The van der Waals surface area contributed by atoms with Crippen molar-refractivity contribution in [3.05, 3.63) is 63.9 Å². The van der Waals surface area contributed by atoms with Crippen molar-refractivity contribution in [3.8, 4) is 5.75 Å². The maximum Gasteiger partial charge on any atom is 0.153 e. The van der Waals surface area contributed by atoms with Crippen molar-refractivity contribution in [2.75, 3.05) is 6.61 Å². The molecule has 4 heteroatoms. The van der Waals surface area contributed by atoms with Crippen LogP contribution in [0.1, 0.15) is 35.2 Å². The van der Waals surface area contributed by atoms with Gasteiger partial charge in [0.05, 0.1) is 16.6 Å². The van der Waals surface area contributed by atoms with Gasteiger partial charge in [-0.1, -0.05) is 30.3 Å². The highest BCUT2D eigenvalue weighted by Crippen LogP contribution is 2.27. The summed E-state index contributed by atoms with van der Waals surface area (Å²) in [5, 5.41) is 0. The summed E-state index contributed by atoms with van der Waals surface area (Å²) in [5.41, 5.74) is 1.37. The summed E-state index contributed by atoms with van der Waals surface area (Å²) in [6, 6.07) is 13.1. The molecule has 0 aliphatic carbocycles. The van der Waals surface area contributed by atoms with Gasteiger partial charge in [0.25, 0.3) is 0 Å². The Bertz CT molecular complexity index is 614. The molecule has 0 atom stereocenters. The molecule has 0 N–H and O–H groups in total. The second-order valence-corrected chi connectivity index (χ2v) is 5.92. The lowest BCUT2D eigenvalue weighted by Crippen LogP contribution is -2.00. The van der Waals surface area contributed by atoms with E-state index >= 15 is 0 Å². The van der Waals surface area contributed by atoms with Gasteiger partial charge in [-0.2, -0.15) is 0 Å². The number of aryl methyl sites for hydroxylation is 1. The number of aldehydes is 1. The summed E-state index contributed by atoms with van der Waals surface area (Å²) in [4.78, 5) is 10.6. The zero-order valence-corrected chi connectivity index (χ0v) is 13.8. The number of ether oxygens (including phenoxy) is 1. The molecule has 0 aliphatic rings. The van der Waals surface area contributed by atoms with Gasteiger partial charge in [0.2, 0.25) is 0 Å². The van der Waals surface area contributed by atoms with Crippen LogP contribution in [0, 0.1) is 5.82 Å². The molecule has 116 valence electrons. The molecule has 22 heavy (non-hydrogen) atoms. The van der Waals surface area contributed by atoms with Gasteiger partial charge in [-0.15, -0.1) is 0 Å². The molecule has 2 nitrogen and oxygen atoms in total. The first-order valence-corrected chi connectivity index (χ1v) is 8.11. The van der Waals surface area contributed by atoms with Gasteiger partial charge in [0, 0.05) is 6.07 Å². The van der Waals surface area contributed by atoms with Crippen LogP contribution in [0.5, 0.6) is 5.75 Å². The molecule has 0 unspecified atom stereocenters. The van der Waals surface area contributed by atoms with E-state index in [2.05, 4.69) is 28.1 Å². The fourth-order valence-corrected chi connectivity index (χ4v) is 2.66. The van der Waals surface area contributed by atoms with E-state index in [1.807, 2.05) is 18.2 Å². The molecule has 2 aromatic carbocycles. The monoisotopic (exact) mass is 364 g/mol. The van der Waals surface area contributed by atoms with Gasteiger partial charge in [-0.3, -0.25) is 4.79 Å². The quantitative estimate of drug-likeness (QED) is 0.475. The lowest BCUT2D eigenvalue weighted by molar-refractivity contribution is 0.111. The Labute approximate surface area is 138 Å². The smallest absolute Gasteiger partial charge is 0.153 e. The minimum Gasteiger partial charge on any atom is -0.492 e. The summed E-state index contributed by atoms with van der Waals surface area (Å²) in [5.74, 6) is -0.122. The standard InChI is InChI=1S/C18H18BrFO2/c19-16-11-15(13-21)17(20)12-18(16)22-10-6-2-5-9-14-7-3-1-4-8-14/h1,3-4,7-8,11-13H,2,5-6,9-10H2. The molecular formula is C18H18BrFO2. The zero-order chi connectivity index (χ0) is 15.8. The third-order valence-corrected chi connectivity index (χ3v) is 4.01. The van der Waals surface area contributed by atoms with Gasteiger partial charge in [0.15, 0.2) is 6.29 Å². The molecule has 0 spiro atoms. The van der Waals surface area contributed by atoms with Crippen LogP contribution in [0.4, 0.5) is 4.39 Å². The molecule has 0 bridgehead atoms. The average molecular weight is 365 g/mol. The number of benzene rings is 2. The Morgan fingerprint density at radius 3 is 2.59 bits per heavy atom. The third-order valence-electron chi connectivity index (χ3n) is 3.39. The number of carbonyl (C=O) groups is 1. The maximum absolute atomic E-state index is 13.5. The molecule has 2 rings (SSSR count). The van der Waals surface area contributed by atoms with Crippen LogP contribution in [-0.2, 0) is 6.42 Å². The lowest BCUT2D eigenvalue weighted by atomic mass is 10.1. The number of hydrogen-bond acceptors (Lipinski definition) is 2. The predicted molar refractivity (Wildman–Crippen MR) is 89.0 cm³/mol. The topological polar surface area (TPSA) is 26.3 Å². The molecular weight excluding hydrogens is 347 g/mol. The van der Waals surface area contributed by atoms with E-state index in [4.69, 9.17) is 4.74 Å². The fraction of sp³-hybridized carbons (Fsp3) is 0.278. The molecule has 0 aliphatic heterocycles. The highest BCUT2D eigenvalue weighted by Gasteiger charge is 2.08. The van der Waals surface area contributed by atoms with Crippen LogP contribution in [-0.4, -0.2) is 12.9 Å². The fourth-order valence-electron chi connectivity index (χ4n) is 2.18. The molecule has 2 aromatic rings. The highest BCUT2D eigenvalue weighted by atomic mass is 79.9. The molecule has 0 aromatic heterocycles. The van der Waals surface area contributed by atoms with Crippen LogP contribution in [0.2, 0.25) is 0 Å². The van der Waals surface area contributed by atoms with Crippen molar-refractivity contribution in [2.45, 2.75) is 25.7 Å². The molecule has 0 saturated heterocycles. The second kappa shape index (κ2) is 8.69. The Balaban J connectivity index is 1.71. The van der Waals surface area contributed by atoms with E-state index in [0.717, 1.165) is 25.7 Å². The second-order valence-electron chi connectivity index (χ2n) is 5.07. The maximum atomic E-state index is 13.5. The van der Waals surface area contributed by atoms with Crippen LogP contribution < -0.4 is 4.74 Å². The predicted octanol–water partition coefficient (Wildman–Crippen LogP) is 5.19. The van der Waals surface area contributed by atoms with Crippen LogP contribution in [0.15, 0.2) is 46.9 Å². The summed E-state index contributed by atoms with van der Waals surface area (Å²) >= 11 is 3.28. The number of unbranched alkanes of at least 4 members (excludes halogenated alkanes) is 2. The Morgan fingerprint density at radius 1 is 1.09 bits per heavy atom. The highest BCUT2D eigenvalue weighted by molar-refractivity contribution is 9.10. The number of rotatable bonds is 8. The number of halogens is 2. The minimum atomic E-state index is -0.558. The number of hydrogen-bond donors (Lipinski definition) is 0. The largest absolute Gasteiger partial charge is 0.492 e. The normalized spacial score (nSPS) is 10.5. The van der Waals surface area contributed by atoms with E-state index in [0.29, 0.717) is 23.1 Å². The summed E-state index contributed by atoms with van der Waals surface area (Å²) in [6.07, 6.45) is 4.63. The Morgan fingerprint density at radius 2 is 1.86 bits per heavy atom. The molecule has 0 fully saturated rings. The van der Waals surface area contributed by atoms with Crippen LogP contribution in [0.3, 0.4) is 0 Å². The molecule has 0 radical (unpaired) electrons. The van der Waals surface area contributed by atoms with Crippen LogP contribution in [0.25, 0.3) is 0 Å². The van der Waals surface area contributed by atoms with E-state index in [-0.39, 0.29) is 5.56 Å². The van der Waals surface area contributed by atoms with Crippen molar-refractivity contribution in [1.29, 1.82) is 0 Å². The van der Waals surface area contributed by atoms with Gasteiger partial charge in [-0.05, 0) is 53.2 Å². The molecule has 0 heterocycles. The van der Waals surface area contributed by atoms with Crippen LogP contribution >= 0.6 is 15.9 Å². The van der Waals surface area contributed by atoms with Gasteiger partial charge in [-0.25, -0.2) is 4.39 Å². The molecule has 0 saturated carbocycles. The lowest BCUT2D eigenvalue weighted by Gasteiger charge is -2.09. The third kappa shape index (κ3) is 4.95. The van der Waals surface area contributed by atoms with Gasteiger partial charge < -0.3 is 4.74 Å². The Hall–Kier alpha value is -1.68. The number of carbonyl (C=O) groups excluding carboxylic acids is 1. The van der Waals surface area contributed by atoms with E-state index in [1.54, 1.807) is 0 Å². The zero-order valence-electron chi connectivity index (χ0n) is 12.2. The molecule has 0 amide bonds. The van der Waals surface area contributed by atoms with Crippen molar-refractivity contribution < 1.29 is 13.9 Å². The summed E-state index contributed by atoms with van der Waals surface area (Å²) in [6.45, 7) is 0.535. The van der Waals surface area contributed by atoms with Crippen molar-refractivity contribution in [3.63, 3.8) is 0 Å².